The maximum Gasteiger partial charge on any atom is 0.303 e. The van der Waals surface area contributed by atoms with Crippen molar-refractivity contribution in [2.75, 3.05) is 13.1 Å². The smallest absolute Gasteiger partial charge is 0.303 e. The summed E-state index contributed by atoms with van der Waals surface area (Å²) in [7, 11) is 0. The maximum absolute atomic E-state index is 11.7. The summed E-state index contributed by atoms with van der Waals surface area (Å²) in [5, 5.41) is 10.9. The van der Waals surface area contributed by atoms with Gasteiger partial charge in [-0.25, -0.2) is 0 Å². The summed E-state index contributed by atoms with van der Waals surface area (Å²) in [4.78, 5) is 18.4. The zero-order chi connectivity index (χ0) is 22.0. The number of aliphatic carboxylic acids is 1. The Morgan fingerprint density at radius 1 is 1.23 bits per heavy atom. The van der Waals surface area contributed by atoms with Gasteiger partial charge in [-0.05, 0) is 74.5 Å². The summed E-state index contributed by atoms with van der Waals surface area (Å²) in [6.45, 7) is 10.2. The van der Waals surface area contributed by atoms with Crippen LogP contribution in [0.2, 0.25) is 0 Å². The molecule has 1 N–H and O–H groups in total. The average molecular weight is 420 g/mol. The van der Waals surface area contributed by atoms with E-state index >= 15 is 0 Å². The second kappa shape index (κ2) is 9.23. The Hall–Kier alpha value is -2.66. The predicted molar refractivity (Wildman–Crippen MR) is 124 cm³/mol. The Morgan fingerprint density at radius 2 is 2.06 bits per heavy atom. The van der Waals surface area contributed by atoms with Crippen molar-refractivity contribution in [3.8, 4) is 0 Å². The Bertz CT molecular complexity index is 1090. The summed E-state index contributed by atoms with van der Waals surface area (Å²) in [6.07, 6.45) is 4.81. The second-order valence-corrected chi connectivity index (χ2v) is 8.98. The van der Waals surface area contributed by atoms with E-state index in [1.165, 1.54) is 33.3 Å². The van der Waals surface area contributed by atoms with E-state index in [1.54, 1.807) is 0 Å². The molecular weight excluding hydrogens is 386 g/mol. The number of nitrogens with zero attached hydrogens (tertiary/aromatic N) is 3. The van der Waals surface area contributed by atoms with E-state index in [4.69, 9.17) is 0 Å². The highest BCUT2D eigenvalue weighted by atomic mass is 16.4. The normalized spacial score (nSPS) is 15.2. The number of carbonyl (C=O) groups is 1. The number of aromatic nitrogens is 2. The van der Waals surface area contributed by atoms with E-state index < -0.39 is 5.97 Å². The van der Waals surface area contributed by atoms with Crippen molar-refractivity contribution in [2.45, 2.75) is 59.5 Å². The molecule has 0 bridgehead atoms. The number of hydrogen-bond acceptors (Lipinski definition) is 3. The van der Waals surface area contributed by atoms with Crippen LogP contribution >= 0.6 is 0 Å². The average Bonchev–Trinajstić information content (AvgIpc) is 3.04. The van der Waals surface area contributed by atoms with E-state index in [0.29, 0.717) is 0 Å². The van der Waals surface area contributed by atoms with Crippen molar-refractivity contribution in [3.63, 3.8) is 0 Å². The lowest BCUT2D eigenvalue weighted by atomic mass is 9.96. The van der Waals surface area contributed by atoms with Gasteiger partial charge in [0.15, 0.2) is 0 Å². The number of likely N-dealkylation sites (N-methyl/N-ethyl adjacent to an activating group) is 1. The minimum absolute atomic E-state index is 0.0937. The number of carboxylic acid groups (broad SMARTS) is 1. The van der Waals surface area contributed by atoms with Crippen LogP contribution < -0.4 is 0 Å². The monoisotopic (exact) mass is 419 g/mol. The highest BCUT2D eigenvalue weighted by molar-refractivity contribution is 5.86. The number of carboxylic acids is 1. The highest BCUT2D eigenvalue weighted by Gasteiger charge is 2.25. The molecule has 0 aliphatic carbocycles. The minimum Gasteiger partial charge on any atom is -0.481 e. The molecule has 1 atom stereocenters. The lowest BCUT2D eigenvalue weighted by molar-refractivity contribution is -0.138. The molecule has 5 heteroatoms. The molecule has 5 nitrogen and oxygen atoms in total. The number of hydrogen-bond donors (Lipinski definition) is 1. The molecule has 3 heterocycles. The molecule has 0 amide bonds. The van der Waals surface area contributed by atoms with Crippen molar-refractivity contribution >= 4 is 16.9 Å². The largest absolute Gasteiger partial charge is 0.481 e. The van der Waals surface area contributed by atoms with Gasteiger partial charge in [-0.2, -0.15) is 0 Å². The Labute approximate surface area is 184 Å². The number of benzene rings is 1. The van der Waals surface area contributed by atoms with Crippen molar-refractivity contribution in [2.24, 2.45) is 5.92 Å². The van der Waals surface area contributed by atoms with Gasteiger partial charge >= 0.3 is 5.97 Å². The zero-order valence-electron chi connectivity index (χ0n) is 18.9. The van der Waals surface area contributed by atoms with Crippen molar-refractivity contribution in [1.82, 2.24) is 14.5 Å². The third kappa shape index (κ3) is 4.82. The summed E-state index contributed by atoms with van der Waals surface area (Å²) >= 11 is 0. The molecule has 31 heavy (non-hydrogen) atoms. The summed E-state index contributed by atoms with van der Waals surface area (Å²) in [5.41, 5.74) is 7.61. The molecule has 0 spiro atoms. The van der Waals surface area contributed by atoms with Crippen molar-refractivity contribution in [1.29, 1.82) is 0 Å². The Kier molecular flexibility index (Phi) is 6.42. The minimum atomic E-state index is -0.714. The van der Waals surface area contributed by atoms with Gasteiger partial charge in [0, 0.05) is 61.0 Å². The topological polar surface area (TPSA) is 58.4 Å². The van der Waals surface area contributed by atoms with Gasteiger partial charge in [-0.1, -0.05) is 18.6 Å². The van der Waals surface area contributed by atoms with Crippen LogP contribution in [0.25, 0.3) is 10.9 Å². The highest BCUT2D eigenvalue weighted by Crippen LogP contribution is 2.33. The molecule has 1 aliphatic rings. The molecule has 1 unspecified atom stereocenters. The van der Waals surface area contributed by atoms with Crippen LogP contribution in [0.4, 0.5) is 0 Å². The third-order valence-corrected chi connectivity index (χ3v) is 6.64. The Morgan fingerprint density at radius 3 is 2.81 bits per heavy atom. The fraction of sp³-hybridized carbons (Fsp3) is 0.462. The SMILES string of the molecule is CCN1CCc2c(c3cc(C)ccc3n2CC(CCc2ccnc(C)c2)CC(=O)O)C1. The first-order valence-corrected chi connectivity index (χ1v) is 11.4. The Balaban J connectivity index is 1.64. The molecule has 1 aliphatic heterocycles. The molecule has 0 saturated heterocycles. The van der Waals surface area contributed by atoms with Gasteiger partial charge in [-0.15, -0.1) is 0 Å². The van der Waals surface area contributed by atoms with Gasteiger partial charge in [0.2, 0.25) is 0 Å². The third-order valence-electron chi connectivity index (χ3n) is 6.64. The molecule has 0 radical (unpaired) electrons. The van der Waals surface area contributed by atoms with Crippen molar-refractivity contribution < 1.29 is 9.90 Å². The van der Waals surface area contributed by atoms with Crippen LogP contribution in [0.3, 0.4) is 0 Å². The molecule has 2 aromatic heterocycles. The van der Waals surface area contributed by atoms with Gasteiger partial charge in [-0.3, -0.25) is 14.7 Å². The number of pyridine rings is 1. The van der Waals surface area contributed by atoms with Crippen LogP contribution in [-0.2, 0) is 30.7 Å². The van der Waals surface area contributed by atoms with Crippen LogP contribution in [0.5, 0.6) is 0 Å². The van der Waals surface area contributed by atoms with Gasteiger partial charge < -0.3 is 9.67 Å². The summed E-state index contributed by atoms with van der Waals surface area (Å²) in [5.74, 6) is -0.620. The molecule has 4 rings (SSSR count). The predicted octanol–water partition coefficient (Wildman–Crippen LogP) is 4.75. The van der Waals surface area contributed by atoms with E-state index in [-0.39, 0.29) is 12.3 Å². The van der Waals surface area contributed by atoms with E-state index in [0.717, 1.165) is 51.1 Å². The molecule has 3 aromatic rings. The number of aryl methyl sites for hydroxylation is 3. The van der Waals surface area contributed by atoms with Crippen LogP contribution in [0, 0.1) is 19.8 Å². The molecule has 1 aromatic carbocycles. The first kappa shape index (κ1) is 21.6. The van der Waals surface area contributed by atoms with Crippen molar-refractivity contribution in [3.05, 3.63) is 64.6 Å². The van der Waals surface area contributed by atoms with Crippen LogP contribution in [0.15, 0.2) is 36.5 Å². The van der Waals surface area contributed by atoms with E-state index in [2.05, 4.69) is 52.6 Å². The van der Waals surface area contributed by atoms with Gasteiger partial charge in [0.1, 0.15) is 0 Å². The summed E-state index contributed by atoms with van der Waals surface area (Å²) < 4.78 is 2.43. The zero-order valence-corrected chi connectivity index (χ0v) is 18.9. The lowest BCUT2D eigenvalue weighted by Crippen LogP contribution is -2.31. The number of rotatable bonds is 8. The van der Waals surface area contributed by atoms with E-state index in [9.17, 15) is 9.90 Å². The van der Waals surface area contributed by atoms with Crippen LogP contribution in [0.1, 0.15) is 47.8 Å². The standard InChI is InChI=1S/C26H33N3O2/c1-4-28-12-10-25-23(17-28)22-13-18(2)5-8-24(22)29(25)16-21(15-26(30)31)7-6-20-9-11-27-19(3)14-20/h5,8-9,11,13-14,21H,4,6-7,10,12,15-17H2,1-3H3,(H,30,31). The van der Waals surface area contributed by atoms with E-state index in [1.807, 2.05) is 19.2 Å². The quantitative estimate of drug-likeness (QED) is 0.572. The first-order chi connectivity index (χ1) is 14.9. The molecule has 0 fully saturated rings. The summed E-state index contributed by atoms with van der Waals surface area (Å²) in [6, 6.07) is 10.8. The first-order valence-electron chi connectivity index (χ1n) is 11.4. The van der Waals surface area contributed by atoms with Gasteiger partial charge in [0.05, 0.1) is 0 Å². The fourth-order valence-corrected chi connectivity index (χ4v) is 4.99. The lowest BCUT2D eigenvalue weighted by Gasteiger charge is -2.27. The molecule has 164 valence electrons. The maximum atomic E-state index is 11.7. The van der Waals surface area contributed by atoms with Crippen LogP contribution in [-0.4, -0.2) is 38.6 Å². The fourth-order valence-electron chi connectivity index (χ4n) is 4.99. The molecular formula is C26H33N3O2. The second-order valence-electron chi connectivity index (χ2n) is 8.98. The van der Waals surface area contributed by atoms with Gasteiger partial charge in [0.25, 0.3) is 0 Å². The number of fused-ring (bicyclic) bond motifs is 3. The molecule has 0 saturated carbocycles.